The summed E-state index contributed by atoms with van der Waals surface area (Å²) in [6.07, 6.45) is 12.2. The first-order valence-corrected chi connectivity index (χ1v) is 12.5. The summed E-state index contributed by atoms with van der Waals surface area (Å²) >= 11 is 0. The zero-order chi connectivity index (χ0) is 22.2. The number of anilines is 1. The van der Waals surface area contributed by atoms with E-state index < -0.39 is 9.84 Å². The Morgan fingerprint density at radius 1 is 1.23 bits per heavy atom. The van der Waals surface area contributed by atoms with Crippen LogP contribution in [0.1, 0.15) is 33.1 Å². The molecule has 166 valence electrons. The van der Waals surface area contributed by atoms with Crippen LogP contribution >= 0.6 is 0 Å². The van der Waals surface area contributed by atoms with Crippen LogP contribution in [-0.4, -0.2) is 60.7 Å². The van der Waals surface area contributed by atoms with E-state index in [0.29, 0.717) is 36.1 Å². The van der Waals surface area contributed by atoms with Gasteiger partial charge < -0.3 is 14.5 Å². The van der Waals surface area contributed by atoms with Crippen molar-refractivity contribution < 1.29 is 17.9 Å². The van der Waals surface area contributed by atoms with E-state index in [2.05, 4.69) is 9.97 Å². The number of amides is 1. The minimum absolute atomic E-state index is 0.0116. The number of likely N-dealkylation sites (tertiary alicyclic amines) is 1. The second kappa shape index (κ2) is 8.45. The lowest BCUT2D eigenvalue weighted by Gasteiger charge is -2.33. The molecule has 1 amide bonds. The predicted molar refractivity (Wildman–Crippen MR) is 118 cm³/mol. The molecule has 8 nitrogen and oxygen atoms in total. The van der Waals surface area contributed by atoms with Gasteiger partial charge in [-0.25, -0.2) is 18.4 Å². The molecule has 1 atom stereocenters. The smallest absolute Gasteiger partial charge is 0.225 e. The Morgan fingerprint density at radius 3 is 2.65 bits per heavy atom. The highest BCUT2D eigenvalue weighted by molar-refractivity contribution is 7.94. The van der Waals surface area contributed by atoms with Crippen molar-refractivity contribution in [3.05, 3.63) is 47.3 Å². The third kappa shape index (κ3) is 4.66. The van der Waals surface area contributed by atoms with Gasteiger partial charge in [0.25, 0.3) is 0 Å². The topological polar surface area (TPSA) is 92.7 Å². The first kappa shape index (κ1) is 21.5. The lowest BCUT2D eigenvalue weighted by molar-refractivity contribution is -0.136. The number of fused-ring (bicyclic) bond motifs is 1. The molecule has 0 N–H and O–H groups in total. The van der Waals surface area contributed by atoms with E-state index in [1.165, 1.54) is 12.6 Å². The molecule has 1 saturated heterocycles. The SMILES string of the molecule is CC(C)C(=O)N1CCC(Oc2cc(N3C=CC4=CC(S(C)(=O)=O)=CCC43)ncn2)CC1. The average molecular weight is 445 g/mol. The Labute approximate surface area is 183 Å². The monoisotopic (exact) mass is 444 g/mol. The summed E-state index contributed by atoms with van der Waals surface area (Å²) in [5, 5.41) is 0. The summed E-state index contributed by atoms with van der Waals surface area (Å²) in [4.78, 5) is 25.1. The first-order chi connectivity index (χ1) is 14.7. The van der Waals surface area contributed by atoms with Crippen LogP contribution < -0.4 is 9.64 Å². The molecule has 1 aromatic rings. The van der Waals surface area contributed by atoms with Crippen LogP contribution in [-0.2, 0) is 14.6 Å². The minimum atomic E-state index is -3.22. The highest BCUT2D eigenvalue weighted by atomic mass is 32.2. The summed E-state index contributed by atoms with van der Waals surface area (Å²) < 4.78 is 29.8. The number of carbonyl (C=O) groups is 1. The Morgan fingerprint density at radius 2 is 1.97 bits per heavy atom. The molecule has 2 aliphatic heterocycles. The molecule has 3 aliphatic rings. The van der Waals surface area contributed by atoms with E-state index >= 15 is 0 Å². The van der Waals surface area contributed by atoms with E-state index in [1.54, 1.807) is 12.2 Å². The van der Waals surface area contributed by atoms with Crippen molar-refractivity contribution in [3.63, 3.8) is 0 Å². The van der Waals surface area contributed by atoms with Gasteiger partial charge in [-0.15, -0.1) is 0 Å². The second-order valence-electron chi connectivity index (χ2n) is 8.51. The van der Waals surface area contributed by atoms with Gasteiger partial charge in [0.05, 0.1) is 10.9 Å². The lowest BCUT2D eigenvalue weighted by atomic mass is 10.0. The van der Waals surface area contributed by atoms with Crippen LogP contribution in [0.25, 0.3) is 0 Å². The molecule has 0 bridgehead atoms. The van der Waals surface area contributed by atoms with Gasteiger partial charge in [-0.1, -0.05) is 19.9 Å². The van der Waals surface area contributed by atoms with Gasteiger partial charge in [0, 0.05) is 50.4 Å². The van der Waals surface area contributed by atoms with Gasteiger partial charge >= 0.3 is 0 Å². The van der Waals surface area contributed by atoms with Gasteiger partial charge in [-0.3, -0.25) is 4.79 Å². The molecule has 0 spiro atoms. The molecule has 1 aliphatic carbocycles. The van der Waals surface area contributed by atoms with E-state index in [-0.39, 0.29) is 24.0 Å². The van der Waals surface area contributed by atoms with Crippen molar-refractivity contribution in [2.75, 3.05) is 24.2 Å². The number of aromatic nitrogens is 2. The third-order valence-corrected chi connectivity index (χ3v) is 7.00. The van der Waals surface area contributed by atoms with Gasteiger partial charge in [0.1, 0.15) is 18.2 Å². The molecular formula is C22H28N4O4S. The number of allylic oxidation sites excluding steroid dienone is 1. The maximum Gasteiger partial charge on any atom is 0.225 e. The highest BCUT2D eigenvalue weighted by Gasteiger charge is 2.30. The molecule has 1 unspecified atom stereocenters. The first-order valence-electron chi connectivity index (χ1n) is 10.6. The maximum atomic E-state index is 12.2. The van der Waals surface area contributed by atoms with Crippen LogP contribution in [0.4, 0.5) is 5.82 Å². The summed E-state index contributed by atoms with van der Waals surface area (Å²) in [6.45, 7) is 5.23. The van der Waals surface area contributed by atoms with Crippen molar-refractivity contribution in [2.24, 2.45) is 5.92 Å². The van der Waals surface area contributed by atoms with Crippen molar-refractivity contribution in [2.45, 2.75) is 45.3 Å². The molecule has 0 radical (unpaired) electrons. The van der Waals surface area contributed by atoms with Crippen LogP contribution in [0.3, 0.4) is 0 Å². The highest BCUT2D eigenvalue weighted by Crippen LogP contribution is 2.34. The molecule has 4 rings (SSSR count). The fourth-order valence-electron chi connectivity index (χ4n) is 4.15. The summed E-state index contributed by atoms with van der Waals surface area (Å²) in [7, 11) is -3.22. The summed E-state index contributed by atoms with van der Waals surface area (Å²) in [6, 6.07) is 1.83. The number of sulfone groups is 1. The van der Waals surface area contributed by atoms with Crippen LogP contribution in [0.5, 0.6) is 5.88 Å². The number of ether oxygens (including phenoxy) is 1. The van der Waals surface area contributed by atoms with Gasteiger partial charge in [0.15, 0.2) is 9.84 Å². The Kier molecular flexibility index (Phi) is 5.88. The number of rotatable bonds is 5. The predicted octanol–water partition coefficient (Wildman–Crippen LogP) is 2.46. The third-order valence-electron chi connectivity index (χ3n) is 5.85. The second-order valence-corrected chi connectivity index (χ2v) is 10.5. The van der Waals surface area contributed by atoms with E-state index in [9.17, 15) is 13.2 Å². The van der Waals surface area contributed by atoms with Crippen LogP contribution in [0, 0.1) is 5.92 Å². The average Bonchev–Trinajstić information content (AvgIpc) is 3.17. The lowest BCUT2D eigenvalue weighted by Crippen LogP contribution is -2.43. The van der Waals surface area contributed by atoms with E-state index in [4.69, 9.17) is 4.74 Å². The fourth-order valence-corrected chi connectivity index (χ4v) is 4.90. The minimum Gasteiger partial charge on any atom is -0.474 e. The zero-order valence-electron chi connectivity index (χ0n) is 18.1. The molecule has 9 heteroatoms. The van der Waals surface area contributed by atoms with Crippen LogP contribution in [0.2, 0.25) is 0 Å². The molecule has 3 heterocycles. The van der Waals surface area contributed by atoms with Crippen molar-refractivity contribution >= 4 is 21.6 Å². The zero-order valence-corrected chi connectivity index (χ0v) is 18.9. The van der Waals surface area contributed by atoms with Crippen molar-refractivity contribution in [1.82, 2.24) is 14.9 Å². The Bertz CT molecular complexity index is 1050. The van der Waals surface area contributed by atoms with E-state index in [0.717, 1.165) is 18.4 Å². The fraction of sp³-hybridized carbons (Fsp3) is 0.500. The number of hydrogen-bond donors (Lipinski definition) is 0. The standard InChI is InChI=1S/C22H28N4O4S/c1-15(2)22(27)25-9-7-17(8-10-25)30-21-13-20(23-14-24-21)26-11-6-16-12-18(31(3,28)29)4-5-19(16)26/h4,6,11-15,17,19H,5,7-10H2,1-3H3. The normalized spacial score (nSPS) is 21.7. The number of piperidine rings is 1. The molecule has 0 saturated carbocycles. The Hall–Kier alpha value is -2.68. The van der Waals surface area contributed by atoms with Crippen molar-refractivity contribution in [3.8, 4) is 5.88 Å². The largest absolute Gasteiger partial charge is 0.474 e. The summed E-state index contributed by atoms with van der Waals surface area (Å²) in [5.74, 6) is 1.41. The van der Waals surface area contributed by atoms with Gasteiger partial charge in [-0.2, -0.15) is 0 Å². The molecule has 1 aromatic heterocycles. The molecule has 0 aromatic carbocycles. The van der Waals surface area contributed by atoms with Crippen molar-refractivity contribution in [1.29, 1.82) is 0 Å². The van der Waals surface area contributed by atoms with Gasteiger partial charge in [0.2, 0.25) is 11.8 Å². The van der Waals surface area contributed by atoms with Crippen LogP contribution in [0.15, 0.2) is 47.3 Å². The maximum absolute atomic E-state index is 12.2. The number of hydrogen-bond acceptors (Lipinski definition) is 7. The van der Waals surface area contributed by atoms with Gasteiger partial charge in [-0.05, 0) is 24.1 Å². The number of carbonyl (C=O) groups excluding carboxylic acids is 1. The molecular weight excluding hydrogens is 416 g/mol. The summed E-state index contributed by atoms with van der Waals surface area (Å²) in [5.41, 5.74) is 0.950. The Balaban J connectivity index is 1.40. The molecule has 31 heavy (non-hydrogen) atoms. The quantitative estimate of drug-likeness (QED) is 0.689. The van der Waals surface area contributed by atoms with E-state index in [1.807, 2.05) is 42.0 Å². The number of nitrogens with zero attached hydrogens (tertiary/aromatic N) is 4. The molecule has 1 fully saturated rings.